The van der Waals surface area contributed by atoms with E-state index in [4.69, 9.17) is 20.2 Å². The van der Waals surface area contributed by atoms with Crippen molar-refractivity contribution in [2.24, 2.45) is 0 Å². The fraction of sp³-hybridized carbons (Fsp3) is 0.0216. The molecule has 0 bridgehead atoms. The Bertz CT molecular complexity index is 9300. The minimum atomic E-state index is -0.468. The standard InChI is InChI=1S/C51H32N2.C45H28N2.C43H28N2/c52-33-34-19-21-35(22-20-34)36-23-25-37(26-24-36)38-27-29-39(30-28-38)50-44-31-32-46-49(48(44)43-16-8-10-18-47(43)53-50)42-15-7-9-17-45(42)51(46,40-11-3-1-4-12-40)41-13-5-2-6-14-41;46-29-30-19-21-31(22-20-30)32-23-25-33(26-24-32)44-38-27-28-40-43(42(38)37-16-8-10-18-41(37)47-44)36-15-7-9-17-39(36)45(40,34-11-3-1-4-12-34)35-13-5-2-6-14-35;1-3-13-31(14-4-1)43(32-15-5-2-6-16-32)36-19-9-7-17-33(36)41-37(43)27-26-35-40(41)34-18-8-10-21-39(34)45-42(35)30-24-22-29(23-25-30)38-20-11-12-28-44-38/h1-32H;1-28H;1-28H. The summed E-state index contributed by atoms with van der Waals surface area (Å²) in [5, 5.41) is 29.1. The summed E-state index contributed by atoms with van der Waals surface area (Å²) >= 11 is 0. The first kappa shape index (κ1) is 86.1. The molecule has 0 N–H and O–H groups in total. The summed E-state index contributed by atoms with van der Waals surface area (Å²) in [4.78, 5) is 20.5. The molecule has 0 saturated heterocycles. The topological polar surface area (TPSA) is 99.1 Å². The van der Waals surface area contributed by atoms with Gasteiger partial charge in [-0.1, -0.05) is 473 Å². The summed E-state index contributed by atoms with van der Waals surface area (Å²) in [5.41, 5.74) is 40.9. The van der Waals surface area contributed by atoms with Crippen LogP contribution in [0.15, 0.2) is 534 Å². The molecule has 0 saturated carbocycles. The van der Waals surface area contributed by atoms with E-state index in [9.17, 15) is 5.26 Å². The van der Waals surface area contributed by atoms with Crippen LogP contribution in [-0.2, 0) is 16.2 Å². The van der Waals surface area contributed by atoms with Crippen molar-refractivity contribution in [3.8, 4) is 124 Å². The van der Waals surface area contributed by atoms with Crippen LogP contribution in [0, 0.1) is 22.7 Å². The van der Waals surface area contributed by atoms with E-state index >= 15 is 0 Å². The number of hydrogen-bond acceptors (Lipinski definition) is 6. The largest absolute Gasteiger partial charge is 0.256 e. The maximum Gasteiger partial charge on any atom is 0.0991 e. The van der Waals surface area contributed by atoms with E-state index in [2.05, 4.69) is 478 Å². The number of hydrogen-bond donors (Lipinski definition) is 0. The predicted molar refractivity (Wildman–Crippen MR) is 595 cm³/mol. The summed E-state index contributed by atoms with van der Waals surface area (Å²) in [6, 6.07) is 193. The number of fused-ring (bicyclic) bond motifs is 21. The lowest BCUT2D eigenvalue weighted by molar-refractivity contribution is 0.769. The van der Waals surface area contributed by atoms with Crippen LogP contribution in [0.1, 0.15) is 77.9 Å². The smallest absolute Gasteiger partial charge is 0.0991 e. The third-order valence-corrected chi connectivity index (χ3v) is 30.2. The quantitative estimate of drug-likeness (QED) is 0.107. The molecule has 6 nitrogen and oxygen atoms in total. The van der Waals surface area contributed by atoms with Crippen molar-refractivity contribution in [1.82, 2.24) is 19.9 Å². The van der Waals surface area contributed by atoms with Gasteiger partial charge in [0.05, 0.1) is 78.8 Å². The minimum Gasteiger partial charge on any atom is -0.256 e. The number of pyridine rings is 4. The Balaban J connectivity index is 0.000000111. The number of nitrogens with zero attached hydrogens (tertiary/aromatic N) is 6. The summed E-state index contributed by atoms with van der Waals surface area (Å²) in [6.45, 7) is 0. The Labute approximate surface area is 841 Å². The van der Waals surface area contributed by atoms with Gasteiger partial charge in [0.15, 0.2) is 0 Å². The monoisotopic (exact) mass is 1840 g/mol. The third kappa shape index (κ3) is 14.1. The molecule has 0 amide bonds. The van der Waals surface area contributed by atoms with Crippen molar-refractivity contribution in [2.45, 2.75) is 16.2 Å². The second-order valence-corrected chi connectivity index (χ2v) is 37.7. The molecule has 6 heteroatoms. The Kier molecular flexibility index (Phi) is 21.3. The lowest BCUT2D eigenvalue weighted by Gasteiger charge is -2.34. The average molecular weight is 1840 g/mol. The maximum atomic E-state index is 9.22. The third-order valence-electron chi connectivity index (χ3n) is 30.2. The predicted octanol–water partition coefficient (Wildman–Crippen LogP) is 34.1. The van der Waals surface area contributed by atoms with Crippen LogP contribution in [-0.4, -0.2) is 19.9 Å². The fourth-order valence-corrected chi connectivity index (χ4v) is 23.9. The molecule has 145 heavy (non-hydrogen) atoms. The van der Waals surface area contributed by atoms with E-state index < -0.39 is 16.2 Å². The molecule has 28 rings (SSSR count). The van der Waals surface area contributed by atoms with Crippen LogP contribution in [0.5, 0.6) is 0 Å². The van der Waals surface area contributed by atoms with Crippen molar-refractivity contribution in [3.05, 3.63) is 612 Å². The van der Waals surface area contributed by atoms with Gasteiger partial charge in [-0.05, 0) is 188 Å². The van der Waals surface area contributed by atoms with E-state index in [-0.39, 0.29) is 0 Å². The molecular formula is C139H88N6. The first-order chi connectivity index (χ1) is 71.8. The fourth-order valence-electron chi connectivity index (χ4n) is 23.9. The molecule has 25 aromatic rings. The van der Waals surface area contributed by atoms with Crippen LogP contribution < -0.4 is 0 Å². The maximum absolute atomic E-state index is 9.22. The van der Waals surface area contributed by atoms with Crippen LogP contribution >= 0.6 is 0 Å². The molecule has 4 heterocycles. The molecule has 21 aromatic carbocycles. The second kappa shape index (κ2) is 35.9. The highest BCUT2D eigenvalue weighted by molar-refractivity contribution is 6.23. The summed E-state index contributed by atoms with van der Waals surface area (Å²) in [6.07, 6.45) is 1.84. The van der Waals surface area contributed by atoms with Crippen molar-refractivity contribution in [3.63, 3.8) is 0 Å². The molecule has 3 aliphatic rings. The van der Waals surface area contributed by atoms with Crippen LogP contribution in [0.2, 0.25) is 0 Å². The van der Waals surface area contributed by atoms with Crippen LogP contribution in [0.4, 0.5) is 0 Å². The molecule has 0 unspecified atom stereocenters. The van der Waals surface area contributed by atoms with Gasteiger partial charge < -0.3 is 0 Å². The van der Waals surface area contributed by atoms with Crippen molar-refractivity contribution < 1.29 is 0 Å². The van der Waals surface area contributed by atoms with E-state index in [1.54, 1.807) is 0 Å². The number of aromatic nitrogens is 4. The average Bonchev–Trinajstić information content (AvgIpc) is 1.53. The van der Waals surface area contributed by atoms with E-state index in [1.165, 1.54) is 122 Å². The molecule has 674 valence electrons. The van der Waals surface area contributed by atoms with Gasteiger partial charge in [-0.2, -0.15) is 10.5 Å². The highest BCUT2D eigenvalue weighted by Crippen LogP contribution is 2.63. The van der Waals surface area contributed by atoms with Gasteiger partial charge in [0.25, 0.3) is 0 Å². The summed E-state index contributed by atoms with van der Waals surface area (Å²) < 4.78 is 0. The Morgan fingerprint density at radius 3 is 0.662 bits per heavy atom. The van der Waals surface area contributed by atoms with E-state index in [1.807, 2.05) is 72.9 Å². The van der Waals surface area contributed by atoms with Crippen LogP contribution in [0.25, 0.3) is 177 Å². The van der Waals surface area contributed by atoms with Gasteiger partial charge in [-0.15, -0.1) is 0 Å². The molecule has 0 spiro atoms. The summed E-state index contributed by atoms with van der Waals surface area (Å²) in [5.74, 6) is 0. The number of nitriles is 2. The highest BCUT2D eigenvalue weighted by Gasteiger charge is 2.51. The van der Waals surface area contributed by atoms with Gasteiger partial charge in [0, 0.05) is 76.9 Å². The molecule has 3 aliphatic carbocycles. The molecular weight excluding hydrogens is 1750 g/mol. The molecule has 0 aliphatic heterocycles. The second-order valence-electron chi connectivity index (χ2n) is 37.7. The van der Waals surface area contributed by atoms with Crippen molar-refractivity contribution in [1.29, 1.82) is 10.5 Å². The SMILES string of the molecule is N#Cc1ccc(-c2ccc(-c3ccc(-c4nc5ccccc5c5c6c(ccc45)C(c4ccccc4)(c4ccccc4)c4ccccc4-6)cc3)cc2)cc1.N#Cc1ccc(-c2ccc(-c3nc4ccccc4c4c5c(ccc34)C(c3ccccc3)(c3ccccc3)c3ccccc3-5)cc2)cc1.c1ccc(C2(c3ccccc3)c3ccccc3-c3c2ccc2c(-c4ccc(-c5ccccn5)cc4)nc4ccccc4c32)cc1. The Morgan fingerprint density at radius 2 is 0.400 bits per heavy atom. The Morgan fingerprint density at radius 1 is 0.172 bits per heavy atom. The van der Waals surface area contributed by atoms with Gasteiger partial charge >= 0.3 is 0 Å². The first-order valence-electron chi connectivity index (χ1n) is 49.4. The zero-order valence-corrected chi connectivity index (χ0v) is 79.0. The van der Waals surface area contributed by atoms with Crippen LogP contribution in [0.3, 0.4) is 0 Å². The van der Waals surface area contributed by atoms with E-state index in [0.717, 1.165) is 122 Å². The minimum absolute atomic E-state index is 0.447. The number of benzene rings is 21. The van der Waals surface area contributed by atoms with Crippen molar-refractivity contribution in [2.75, 3.05) is 0 Å². The molecule has 4 aromatic heterocycles. The molecule has 0 fully saturated rings. The lowest BCUT2D eigenvalue weighted by Crippen LogP contribution is -2.28. The summed E-state index contributed by atoms with van der Waals surface area (Å²) in [7, 11) is 0. The molecule has 0 atom stereocenters. The molecule has 0 radical (unpaired) electrons. The highest BCUT2D eigenvalue weighted by atomic mass is 14.7. The van der Waals surface area contributed by atoms with Crippen molar-refractivity contribution >= 4 is 65.0 Å². The van der Waals surface area contributed by atoms with E-state index in [0.29, 0.717) is 11.1 Å². The number of rotatable bonds is 13. The van der Waals surface area contributed by atoms with Gasteiger partial charge in [0.1, 0.15) is 0 Å². The normalized spacial score (nSPS) is 12.8. The Hall–Kier alpha value is -19.2. The number of para-hydroxylation sites is 3. The van der Waals surface area contributed by atoms with Gasteiger partial charge in [0.2, 0.25) is 0 Å². The zero-order valence-electron chi connectivity index (χ0n) is 79.0. The zero-order chi connectivity index (χ0) is 96.5. The van der Waals surface area contributed by atoms with Gasteiger partial charge in [-0.25, -0.2) is 15.0 Å². The first-order valence-corrected chi connectivity index (χ1v) is 49.4. The van der Waals surface area contributed by atoms with Gasteiger partial charge in [-0.3, -0.25) is 4.98 Å². The lowest BCUT2D eigenvalue weighted by atomic mass is 9.67.